The minimum absolute atomic E-state index is 0.409. The van der Waals surface area contributed by atoms with Crippen molar-refractivity contribution in [2.45, 2.75) is 57.9 Å². The highest BCUT2D eigenvalue weighted by molar-refractivity contribution is 14.1. The third-order valence-electron chi connectivity index (χ3n) is 3.29. The predicted octanol–water partition coefficient (Wildman–Crippen LogP) is 4.03. The number of hydrazine groups is 1. The van der Waals surface area contributed by atoms with Gasteiger partial charge >= 0.3 is 0 Å². The summed E-state index contributed by atoms with van der Waals surface area (Å²) in [7, 11) is 0. The van der Waals surface area contributed by atoms with Crippen LogP contribution in [0.4, 0.5) is 0 Å². The third-order valence-corrected chi connectivity index (χ3v) is 4.01. The molecule has 3 N–H and O–H groups in total. The van der Waals surface area contributed by atoms with E-state index in [0.29, 0.717) is 6.04 Å². The molecule has 18 heavy (non-hydrogen) atoms. The number of hydrogen-bond donors (Lipinski definition) is 2. The van der Waals surface area contributed by atoms with Crippen LogP contribution in [0.1, 0.15) is 51.0 Å². The molecule has 1 aromatic carbocycles. The van der Waals surface area contributed by atoms with Gasteiger partial charge in [-0.05, 0) is 53.1 Å². The molecule has 0 spiro atoms. The maximum atomic E-state index is 5.64. The Morgan fingerprint density at radius 1 is 1.11 bits per heavy atom. The van der Waals surface area contributed by atoms with E-state index in [2.05, 4.69) is 59.2 Å². The molecule has 0 aliphatic carbocycles. The van der Waals surface area contributed by atoms with Gasteiger partial charge in [0.1, 0.15) is 0 Å². The van der Waals surface area contributed by atoms with E-state index < -0.39 is 0 Å². The fourth-order valence-corrected chi connectivity index (χ4v) is 2.50. The molecule has 0 bridgehead atoms. The molecule has 0 fully saturated rings. The van der Waals surface area contributed by atoms with Crippen molar-refractivity contribution >= 4 is 22.6 Å². The highest BCUT2D eigenvalue weighted by atomic mass is 127. The fourth-order valence-electron chi connectivity index (χ4n) is 2.14. The maximum Gasteiger partial charge on any atom is 0.0250 e. The first-order valence-electron chi connectivity index (χ1n) is 6.96. The molecule has 0 aliphatic heterocycles. The van der Waals surface area contributed by atoms with Gasteiger partial charge in [-0.15, -0.1) is 0 Å². The summed E-state index contributed by atoms with van der Waals surface area (Å²) >= 11 is 2.33. The van der Waals surface area contributed by atoms with Gasteiger partial charge in [-0.25, -0.2) is 0 Å². The molecule has 1 atom stereocenters. The van der Waals surface area contributed by atoms with Gasteiger partial charge in [0, 0.05) is 9.61 Å². The average Bonchev–Trinajstić information content (AvgIpc) is 2.39. The standard InChI is InChI=1S/C15H25IN2/c1-2-3-4-5-6-7-15(18-17)12-13-8-10-14(16)11-9-13/h8-11,15,18H,2-7,12,17H2,1H3. The number of benzene rings is 1. The second-order valence-corrected chi connectivity index (χ2v) is 6.14. The first-order chi connectivity index (χ1) is 8.76. The molecular weight excluding hydrogens is 335 g/mol. The van der Waals surface area contributed by atoms with Crippen molar-refractivity contribution < 1.29 is 0 Å². The molecule has 3 heteroatoms. The summed E-state index contributed by atoms with van der Waals surface area (Å²) < 4.78 is 1.29. The normalized spacial score (nSPS) is 12.6. The summed E-state index contributed by atoms with van der Waals surface area (Å²) in [6.45, 7) is 2.25. The zero-order chi connectivity index (χ0) is 13.2. The van der Waals surface area contributed by atoms with Crippen molar-refractivity contribution in [2.75, 3.05) is 0 Å². The molecule has 102 valence electrons. The second kappa shape index (κ2) is 9.75. The predicted molar refractivity (Wildman–Crippen MR) is 87.4 cm³/mol. The largest absolute Gasteiger partial charge is 0.271 e. The van der Waals surface area contributed by atoms with Crippen LogP contribution in [0.2, 0.25) is 0 Å². The average molecular weight is 360 g/mol. The topological polar surface area (TPSA) is 38.0 Å². The lowest BCUT2D eigenvalue weighted by atomic mass is 10.0. The first kappa shape index (κ1) is 15.9. The van der Waals surface area contributed by atoms with E-state index in [9.17, 15) is 0 Å². The van der Waals surface area contributed by atoms with Crippen LogP contribution in [0, 0.1) is 3.57 Å². The zero-order valence-electron chi connectivity index (χ0n) is 11.3. The summed E-state index contributed by atoms with van der Waals surface area (Å²) in [4.78, 5) is 0. The van der Waals surface area contributed by atoms with E-state index in [4.69, 9.17) is 5.84 Å². The molecule has 0 amide bonds. The number of unbranched alkanes of at least 4 members (excludes halogenated alkanes) is 4. The zero-order valence-corrected chi connectivity index (χ0v) is 13.4. The Bertz CT molecular complexity index is 311. The molecule has 0 heterocycles. The molecule has 1 aromatic rings. The Morgan fingerprint density at radius 2 is 1.78 bits per heavy atom. The van der Waals surface area contributed by atoms with Gasteiger partial charge in [-0.2, -0.15) is 0 Å². The van der Waals surface area contributed by atoms with E-state index in [1.54, 1.807) is 0 Å². The van der Waals surface area contributed by atoms with Gasteiger partial charge < -0.3 is 0 Å². The Kier molecular flexibility index (Phi) is 8.63. The fraction of sp³-hybridized carbons (Fsp3) is 0.600. The lowest BCUT2D eigenvalue weighted by molar-refractivity contribution is 0.461. The van der Waals surface area contributed by atoms with Crippen molar-refractivity contribution in [1.29, 1.82) is 0 Å². The van der Waals surface area contributed by atoms with Gasteiger partial charge in [-0.1, -0.05) is 51.2 Å². The highest BCUT2D eigenvalue weighted by Crippen LogP contribution is 2.12. The van der Waals surface area contributed by atoms with Gasteiger partial charge in [0.05, 0.1) is 0 Å². The molecule has 0 saturated heterocycles. The molecule has 0 aliphatic rings. The highest BCUT2D eigenvalue weighted by Gasteiger charge is 2.07. The summed E-state index contributed by atoms with van der Waals surface area (Å²) in [5, 5.41) is 0. The molecule has 1 unspecified atom stereocenters. The van der Waals surface area contributed by atoms with E-state index >= 15 is 0 Å². The van der Waals surface area contributed by atoms with Crippen LogP contribution in [0.5, 0.6) is 0 Å². The van der Waals surface area contributed by atoms with Gasteiger partial charge in [0.25, 0.3) is 0 Å². The van der Waals surface area contributed by atoms with Crippen LogP contribution < -0.4 is 11.3 Å². The molecule has 0 radical (unpaired) electrons. The minimum Gasteiger partial charge on any atom is -0.271 e. The van der Waals surface area contributed by atoms with Crippen LogP contribution in [0.3, 0.4) is 0 Å². The van der Waals surface area contributed by atoms with Crippen LogP contribution in [-0.2, 0) is 6.42 Å². The van der Waals surface area contributed by atoms with Crippen molar-refractivity contribution in [3.05, 3.63) is 33.4 Å². The smallest absolute Gasteiger partial charge is 0.0250 e. The minimum atomic E-state index is 0.409. The van der Waals surface area contributed by atoms with Crippen LogP contribution in [-0.4, -0.2) is 6.04 Å². The summed E-state index contributed by atoms with van der Waals surface area (Å²) in [6, 6.07) is 9.12. The van der Waals surface area contributed by atoms with E-state index in [1.165, 1.54) is 47.7 Å². The number of nitrogens with two attached hydrogens (primary N) is 1. The Morgan fingerprint density at radius 3 is 2.39 bits per heavy atom. The Balaban J connectivity index is 2.26. The number of nitrogens with one attached hydrogen (secondary N) is 1. The SMILES string of the molecule is CCCCCCCC(Cc1ccc(I)cc1)NN. The van der Waals surface area contributed by atoms with Crippen molar-refractivity contribution in [1.82, 2.24) is 5.43 Å². The van der Waals surface area contributed by atoms with Crippen molar-refractivity contribution in [2.24, 2.45) is 5.84 Å². The van der Waals surface area contributed by atoms with Gasteiger partial charge in [0.2, 0.25) is 0 Å². The Hall–Kier alpha value is -0.130. The van der Waals surface area contributed by atoms with Crippen LogP contribution >= 0.6 is 22.6 Å². The maximum absolute atomic E-state index is 5.64. The first-order valence-corrected chi connectivity index (χ1v) is 8.04. The lowest BCUT2D eigenvalue weighted by Gasteiger charge is -2.15. The van der Waals surface area contributed by atoms with E-state index in [0.717, 1.165) is 6.42 Å². The summed E-state index contributed by atoms with van der Waals surface area (Å²) in [5.41, 5.74) is 4.32. The third kappa shape index (κ3) is 6.71. The summed E-state index contributed by atoms with van der Waals surface area (Å²) in [5.74, 6) is 5.64. The van der Waals surface area contributed by atoms with Gasteiger partial charge in [-0.3, -0.25) is 11.3 Å². The number of halogens is 1. The number of hydrogen-bond acceptors (Lipinski definition) is 2. The monoisotopic (exact) mass is 360 g/mol. The van der Waals surface area contributed by atoms with E-state index in [1.807, 2.05) is 0 Å². The Labute approximate surface area is 125 Å². The molecular formula is C15H25IN2. The van der Waals surface area contributed by atoms with Crippen molar-refractivity contribution in [3.63, 3.8) is 0 Å². The van der Waals surface area contributed by atoms with Crippen LogP contribution in [0.15, 0.2) is 24.3 Å². The summed E-state index contributed by atoms with van der Waals surface area (Å²) in [6.07, 6.45) is 8.84. The quantitative estimate of drug-likeness (QED) is 0.302. The molecule has 0 saturated carbocycles. The molecule has 1 rings (SSSR count). The second-order valence-electron chi connectivity index (χ2n) is 4.90. The van der Waals surface area contributed by atoms with E-state index in [-0.39, 0.29) is 0 Å². The van der Waals surface area contributed by atoms with Crippen molar-refractivity contribution in [3.8, 4) is 0 Å². The van der Waals surface area contributed by atoms with Gasteiger partial charge in [0.15, 0.2) is 0 Å². The number of rotatable bonds is 9. The van der Waals surface area contributed by atoms with Crippen LogP contribution in [0.25, 0.3) is 0 Å². The lowest BCUT2D eigenvalue weighted by Crippen LogP contribution is -2.36. The molecule has 2 nitrogen and oxygen atoms in total. The molecule has 0 aromatic heterocycles.